The van der Waals surface area contributed by atoms with Gasteiger partial charge in [0.1, 0.15) is 6.54 Å². The van der Waals surface area contributed by atoms with Gasteiger partial charge in [0.05, 0.1) is 10.7 Å². The van der Waals surface area contributed by atoms with Gasteiger partial charge < -0.3 is 10.0 Å². The Morgan fingerprint density at radius 2 is 1.96 bits per heavy atom. The molecule has 1 aromatic heterocycles. The molecule has 2 rings (SSSR count). The van der Waals surface area contributed by atoms with Gasteiger partial charge in [-0.2, -0.15) is 5.10 Å². The van der Waals surface area contributed by atoms with E-state index in [4.69, 9.17) is 16.7 Å². The Balaban J connectivity index is 2.18. The van der Waals surface area contributed by atoms with Crippen LogP contribution in [0.2, 0.25) is 5.02 Å². The van der Waals surface area contributed by atoms with Crippen molar-refractivity contribution in [2.45, 2.75) is 13.3 Å². The van der Waals surface area contributed by atoms with Crippen LogP contribution >= 0.6 is 11.6 Å². The number of hydrogen-bond donors (Lipinski definition) is 1. The van der Waals surface area contributed by atoms with Crippen molar-refractivity contribution in [1.29, 1.82) is 0 Å². The normalized spacial score (nSPS) is 10.6. The van der Waals surface area contributed by atoms with Crippen LogP contribution < -0.4 is 0 Å². The zero-order valence-corrected chi connectivity index (χ0v) is 13.7. The molecule has 7 heteroatoms. The standard InChI is InChI=1S/C16H18ClN3O3/c1-11-14(17)15(18-19(11)2)16(23)20(10-13(21)22)9-8-12-6-4-3-5-7-12/h3-7H,8-10H2,1-2H3,(H,21,22). The number of amides is 1. The minimum absolute atomic E-state index is 0.0842. The van der Waals surface area contributed by atoms with Gasteiger partial charge in [0, 0.05) is 13.6 Å². The lowest BCUT2D eigenvalue weighted by Crippen LogP contribution is -2.37. The van der Waals surface area contributed by atoms with Gasteiger partial charge in [0.15, 0.2) is 5.69 Å². The van der Waals surface area contributed by atoms with E-state index in [-0.39, 0.29) is 17.3 Å². The number of halogens is 1. The second-order valence-corrected chi connectivity index (χ2v) is 5.61. The average molecular weight is 336 g/mol. The van der Waals surface area contributed by atoms with E-state index in [2.05, 4.69) is 5.10 Å². The first-order valence-electron chi connectivity index (χ1n) is 7.14. The third-order valence-electron chi connectivity index (χ3n) is 3.59. The van der Waals surface area contributed by atoms with Crippen molar-refractivity contribution >= 4 is 23.5 Å². The van der Waals surface area contributed by atoms with Crippen LogP contribution in [-0.4, -0.2) is 44.8 Å². The van der Waals surface area contributed by atoms with Crippen LogP contribution in [0.5, 0.6) is 0 Å². The predicted octanol–water partition coefficient (Wildman–Crippen LogP) is 2.15. The SMILES string of the molecule is Cc1c(Cl)c(C(=O)N(CCc2ccccc2)CC(=O)O)nn1C. The third-order valence-corrected chi connectivity index (χ3v) is 4.04. The van der Waals surface area contributed by atoms with Gasteiger partial charge in [-0.1, -0.05) is 41.9 Å². The molecule has 0 saturated heterocycles. The molecular weight excluding hydrogens is 318 g/mol. The maximum Gasteiger partial charge on any atom is 0.323 e. The molecule has 0 aliphatic carbocycles. The predicted molar refractivity (Wildman–Crippen MR) is 86.6 cm³/mol. The number of carbonyl (C=O) groups excluding carboxylic acids is 1. The Bertz CT molecular complexity index is 713. The Labute approximate surface area is 139 Å². The largest absolute Gasteiger partial charge is 0.480 e. The quantitative estimate of drug-likeness (QED) is 0.877. The molecule has 0 spiro atoms. The summed E-state index contributed by atoms with van der Waals surface area (Å²) in [7, 11) is 1.68. The van der Waals surface area contributed by atoms with Crippen LogP contribution in [0.4, 0.5) is 0 Å². The summed E-state index contributed by atoms with van der Waals surface area (Å²) in [5.41, 5.74) is 1.77. The molecule has 1 N–H and O–H groups in total. The second-order valence-electron chi connectivity index (χ2n) is 5.23. The molecule has 0 fully saturated rings. The fourth-order valence-electron chi connectivity index (χ4n) is 2.19. The zero-order chi connectivity index (χ0) is 17.0. The van der Waals surface area contributed by atoms with E-state index in [0.717, 1.165) is 5.56 Å². The number of aliphatic carboxylic acids is 1. The lowest BCUT2D eigenvalue weighted by atomic mass is 10.1. The highest BCUT2D eigenvalue weighted by Gasteiger charge is 2.25. The molecule has 0 bridgehead atoms. The smallest absolute Gasteiger partial charge is 0.323 e. The van der Waals surface area contributed by atoms with Gasteiger partial charge in [-0.15, -0.1) is 0 Å². The molecule has 0 aliphatic rings. The summed E-state index contributed by atoms with van der Waals surface area (Å²) in [4.78, 5) is 24.9. The summed E-state index contributed by atoms with van der Waals surface area (Å²) in [6.07, 6.45) is 0.559. The highest BCUT2D eigenvalue weighted by atomic mass is 35.5. The molecule has 1 amide bonds. The molecule has 0 atom stereocenters. The third kappa shape index (κ3) is 4.10. The van der Waals surface area contributed by atoms with Crippen molar-refractivity contribution in [3.05, 3.63) is 52.3 Å². The Hall–Kier alpha value is -2.34. The van der Waals surface area contributed by atoms with Crippen LogP contribution in [0, 0.1) is 6.92 Å². The fourth-order valence-corrected chi connectivity index (χ4v) is 2.43. The number of rotatable bonds is 6. The number of nitrogens with zero attached hydrogens (tertiary/aromatic N) is 3. The molecule has 0 saturated carbocycles. The van der Waals surface area contributed by atoms with Crippen molar-refractivity contribution < 1.29 is 14.7 Å². The summed E-state index contributed by atoms with van der Waals surface area (Å²) in [6.45, 7) is 1.64. The van der Waals surface area contributed by atoms with Crippen molar-refractivity contribution in [2.75, 3.05) is 13.1 Å². The first-order valence-corrected chi connectivity index (χ1v) is 7.52. The van der Waals surface area contributed by atoms with Crippen LogP contribution in [0.15, 0.2) is 30.3 Å². The molecule has 6 nitrogen and oxygen atoms in total. The number of hydrogen-bond acceptors (Lipinski definition) is 3. The maximum atomic E-state index is 12.6. The molecule has 0 aliphatic heterocycles. The van der Waals surface area contributed by atoms with Crippen molar-refractivity contribution in [1.82, 2.24) is 14.7 Å². The Kier molecular flexibility index (Phi) is 5.39. The van der Waals surface area contributed by atoms with Crippen LogP contribution in [0.25, 0.3) is 0 Å². The number of carboxylic acid groups (broad SMARTS) is 1. The first kappa shape index (κ1) is 17.0. The molecule has 2 aromatic rings. The van der Waals surface area contributed by atoms with E-state index >= 15 is 0 Å². The van der Waals surface area contributed by atoms with Crippen molar-refractivity contribution in [2.24, 2.45) is 7.05 Å². The number of carbonyl (C=O) groups is 2. The first-order chi connectivity index (χ1) is 10.9. The summed E-state index contributed by atoms with van der Waals surface area (Å²) < 4.78 is 1.51. The van der Waals surface area contributed by atoms with Gasteiger partial charge in [-0.25, -0.2) is 0 Å². The number of benzene rings is 1. The molecule has 1 heterocycles. The van der Waals surface area contributed by atoms with E-state index in [1.165, 1.54) is 9.58 Å². The maximum absolute atomic E-state index is 12.6. The van der Waals surface area contributed by atoms with Crippen LogP contribution in [-0.2, 0) is 18.3 Å². The molecular formula is C16H18ClN3O3. The second kappa shape index (κ2) is 7.28. The van der Waals surface area contributed by atoms with E-state index in [1.54, 1.807) is 14.0 Å². The Morgan fingerprint density at radius 3 is 2.48 bits per heavy atom. The molecule has 122 valence electrons. The number of carboxylic acids is 1. The molecule has 1 aromatic carbocycles. The minimum atomic E-state index is -1.07. The minimum Gasteiger partial charge on any atom is -0.480 e. The number of aryl methyl sites for hydroxylation is 1. The Morgan fingerprint density at radius 1 is 1.30 bits per heavy atom. The van der Waals surface area contributed by atoms with Gasteiger partial charge in [0.2, 0.25) is 0 Å². The van der Waals surface area contributed by atoms with Crippen molar-refractivity contribution in [3.8, 4) is 0 Å². The van der Waals surface area contributed by atoms with Gasteiger partial charge in [-0.3, -0.25) is 14.3 Å². The molecule has 0 unspecified atom stereocenters. The van der Waals surface area contributed by atoms with E-state index < -0.39 is 18.4 Å². The molecule has 23 heavy (non-hydrogen) atoms. The van der Waals surface area contributed by atoms with Crippen LogP contribution in [0.3, 0.4) is 0 Å². The van der Waals surface area contributed by atoms with Crippen LogP contribution in [0.1, 0.15) is 21.7 Å². The summed E-state index contributed by atoms with van der Waals surface area (Å²) in [5, 5.41) is 13.4. The number of aromatic nitrogens is 2. The van der Waals surface area contributed by atoms with E-state index in [0.29, 0.717) is 12.1 Å². The highest BCUT2D eigenvalue weighted by molar-refractivity contribution is 6.34. The summed E-state index contributed by atoms with van der Waals surface area (Å²) in [6, 6.07) is 9.57. The lowest BCUT2D eigenvalue weighted by Gasteiger charge is -2.20. The monoisotopic (exact) mass is 335 g/mol. The van der Waals surface area contributed by atoms with Gasteiger partial charge >= 0.3 is 5.97 Å². The summed E-state index contributed by atoms with van der Waals surface area (Å²) in [5.74, 6) is -1.55. The van der Waals surface area contributed by atoms with Gasteiger partial charge in [0.25, 0.3) is 5.91 Å². The van der Waals surface area contributed by atoms with E-state index in [1.807, 2.05) is 30.3 Å². The van der Waals surface area contributed by atoms with Gasteiger partial charge in [-0.05, 0) is 18.9 Å². The zero-order valence-electron chi connectivity index (χ0n) is 13.0. The lowest BCUT2D eigenvalue weighted by molar-refractivity contribution is -0.137. The topological polar surface area (TPSA) is 75.4 Å². The molecule has 0 radical (unpaired) electrons. The average Bonchev–Trinajstić information content (AvgIpc) is 2.79. The fraction of sp³-hybridized carbons (Fsp3) is 0.312. The highest BCUT2D eigenvalue weighted by Crippen LogP contribution is 2.20. The summed E-state index contributed by atoms with van der Waals surface area (Å²) >= 11 is 6.13. The van der Waals surface area contributed by atoms with E-state index in [9.17, 15) is 9.59 Å². The van der Waals surface area contributed by atoms with Crippen molar-refractivity contribution in [3.63, 3.8) is 0 Å².